The molecule has 0 aromatic rings. The van der Waals surface area contributed by atoms with Crippen LogP contribution >= 0.6 is 0 Å². The fourth-order valence-corrected chi connectivity index (χ4v) is 1.91. The van der Waals surface area contributed by atoms with E-state index in [-0.39, 0.29) is 0 Å². The zero-order chi connectivity index (χ0) is 14.5. The van der Waals surface area contributed by atoms with Crippen molar-refractivity contribution in [2.75, 3.05) is 45.9 Å². The minimum atomic E-state index is 0.470. The van der Waals surface area contributed by atoms with Gasteiger partial charge < -0.3 is 15.4 Å². The first-order valence-corrected chi connectivity index (χ1v) is 7.53. The van der Waals surface area contributed by atoms with Gasteiger partial charge in [-0.05, 0) is 33.9 Å². The highest BCUT2D eigenvalue weighted by Gasteiger charge is 2.09. The maximum Gasteiger partial charge on any atom is 0.191 e. The summed E-state index contributed by atoms with van der Waals surface area (Å²) >= 11 is 0. The van der Waals surface area contributed by atoms with E-state index in [1.807, 2.05) is 6.92 Å². The fourth-order valence-electron chi connectivity index (χ4n) is 1.91. The average Bonchev–Trinajstić information content (AvgIpc) is 2.42. The van der Waals surface area contributed by atoms with E-state index in [1.165, 1.54) is 0 Å². The van der Waals surface area contributed by atoms with Crippen LogP contribution in [0.4, 0.5) is 0 Å². The molecule has 0 amide bonds. The summed E-state index contributed by atoms with van der Waals surface area (Å²) in [7, 11) is 0. The zero-order valence-corrected chi connectivity index (χ0v) is 13.3. The van der Waals surface area contributed by atoms with Gasteiger partial charge >= 0.3 is 0 Å². The van der Waals surface area contributed by atoms with Gasteiger partial charge in [-0.15, -0.1) is 0 Å². The molecule has 19 heavy (non-hydrogen) atoms. The second-order valence-corrected chi connectivity index (χ2v) is 4.41. The second kappa shape index (κ2) is 12.2. The predicted molar refractivity (Wildman–Crippen MR) is 82.9 cm³/mol. The number of aliphatic imine (C=N–C) groups is 1. The number of likely N-dealkylation sites (N-methyl/N-ethyl adjacent to an activating group) is 1. The van der Waals surface area contributed by atoms with Gasteiger partial charge in [0.25, 0.3) is 0 Å². The number of rotatable bonds is 10. The molecule has 1 unspecified atom stereocenters. The minimum Gasteiger partial charge on any atom is -0.380 e. The van der Waals surface area contributed by atoms with Gasteiger partial charge in [0.2, 0.25) is 0 Å². The fraction of sp³-hybridized carbons (Fsp3) is 0.929. The van der Waals surface area contributed by atoms with Crippen LogP contribution in [-0.4, -0.2) is 62.8 Å². The van der Waals surface area contributed by atoms with Crippen LogP contribution in [0.1, 0.15) is 34.6 Å². The summed E-state index contributed by atoms with van der Waals surface area (Å²) in [5, 5.41) is 6.54. The summed E-state index contributed by atoms with van der Waals surface area (Å²) in [6.07, 6.45) is 0. The molecule has 0 rings (SSSR count). The Bertz CT molecular complexity index is 229. The zero-order valence-electron chi connectivity index (χ0n) is 13.3. The van der Waals surface area contributed by atoms with Crippen molar-refractivity contribution in [1.82, 2.24) is 15.5 Å². The van der Waals surface area contributed by atoms with Crippen LogP contribution in [-0.2, 0) is 4.74 Å². The number of nitrogens with zero attached hydrogens (tertiary/aromatic N) is 2. The molecule has 0 aliphatic rings. The summed E-state index contributed by atoms with van der Waals surface area (Å²) in [6, 6.07) is 0.470. The van der Waals surface area contributed by atoms with Crippen LogP contribution in [0.15, 0.2) is 4.99 Å². The van der Waals surface area contributed by atoms with Gasteiger partial charge in [0.15, 0.2) is 5.96 Å². The Morgan fingerprint density at radius 1 is 1.16 bits per heavy atom. The van der Waals surface area contributed by atoms with Crippen molar-refractivity contribution < 1.29 is 4.74 Å². The first kappa shape index (κ1) is 18.2. The number of guanidine groups is 1. The third kappa shape index (κ3) is 8.83. The molecule has 0 heterocycles. The molecular weight excluding hydrogens is 240 g/mol. The molecule has 0 radical (unpaired) electrons. The third-order valence-corrected chi connectivity index (χ3v) is 3.04. The van der Waals surface area contributed by atoms with E-state index in [9.17, 15) is 0 Å². The SMILES string of the molecule is CCNC(=NCC(C)N(CC)CC)NCCOCC. The molecule has 114 valence electrons. The first-order chi connectivity index (χ1) is 9.19. The predicted octanol–water partition coefficient (Wildman–Crippen LogP) is 1.31. The van der Waals surface area contributed by atoms with Crippen LogP contribution in [0.3, 0.4) is 0 Å². The monoisotopic (exact) mass is 272 g/mol. The smallest absolute Gasteiger partial charge is 0.191 e. The Morgan fingerprint density at radius 2 is 1.84 bits per heavy atom. The van der Waals surface area contributed by atoms with E-state index in [2.05, 4.69) is 48.2 Å². The molecular formula is C14H32N4O. The lowest BCUT2D eigenvalue weighted by molar-refractivity contribution is 0.152. The van der Waals surface area contributed by atoms with E-state index in [0.29, 0.717) is 12.6 Å². The maximum atomic E-state index is 5.31. The van der Waals surface area contributed by atoms with E-state index in [1.54, 1.807) is 0 Å². The van der Waals surface area contributed by atoms with Gasteiger partial charge in [-0.2, -0.15) is 0 Å². The molecule has 0 aromatic heterocycles. The Kier molecular flexibility index (Phi) is 11.7. The van der Waals surface area contributed by atoms with Crippen LogP contribution in [0.5, 0.6) is 0 Å². The molecule has 5 nitrogen and oxygen atoms in total. The lowest BCUT2D eigenvalue weighted by Crippen LogP contribution is -2.41. The maximum absolute atomic E-state index is 5.31. The lowest BCUT2D eigenvalue weighted by Gasteiger charge is -2.25. The molecule has 0 bridgehead atoms. The normalized spacial score (nSPS) is 13.7. The average molecular weight is 272 g/mol. The molecule has 1 atom stereocenters. The van der Waals surface area contributed by atoms with E-state index in [0.717, 1.165) is 45.3 Å². The summed E-state index contributed by atoms with van der Waals surface area (Å²) in [5.41, 5.74) is 0. The van der Waals surface area contributed by atoms with Gasteiger partial charge in [-0.25, -0.2) is 0 Å². The highest BCUT2D eigenvalue weighted by molar-refractivity contribution is 5.79. The highest BCUT2D eigenvalue weighted by atomic mass is 16.5. The topological polar surface area (TPSA) is 48.9 Å². The number of hydrogen-bond acceptors (Lipinski definition) is 3. The molecule has 0 saturated heterocycles. The number of nitrogens with one attached hydrogen (secondary N) is 2. The highest BCUT2D eigenvalue weighted by Crippen LogP contribution is 1.98. The van der Waals surface area contributed by atoms with Gasteiger partial charge in [0.1, 0.15) is 0 Å². The number of ether oxygens (including phenoxy) is 1. The molecule has 0 spiro atoms. The van der Waals surface area contributed by atoms with Crippen molar-refractivity contribution >= 4 is 5.96 Å². The molecule has 5 heteroatoms. The van der Waals surface area contributed by atoms with Crippen molar-refractivity contribution in [1.29, 1.82) is 0 Å². The van der Waals surface area contributed by atoms with Crippen molar-refractivity contribution in [2.24, 2.45) is 4.99 Å². The first-order valence-electron chi connectivity index (χ1n) is 7.53. The van der Waals surface area contributed by atoms with Crippen molar-refractivity contribution in [3.05, 3.63) is 0 Å². The Labute approximate surface area is 118 Å². The van der Waals surface area contributed by atoms with Gasteiger partial charge in [-0.3, -0.25) is 9.89 Å². The minimum absolute atomic E-state index is 0.470. The molecule has 2 N–H and O–H groups in total. The Balaban J connectivity index is 4.16. The van der Waals surface area contributed by atoms with Gasteiger partial charge in [-0.1, -0.05) is 13.8 Å². The third-order valence-electron chi connectivity index (χ3n) is 3.04. The second-order valence-electron chi connectivity index (χ2n) is 4.41. The molecule has 0 aliphatic carbocycles. The largest absolute Gasteiger partial charge is 0.380 e. The van der Waals surface area contributed by atoms with Crippen molar-refractivity contribution in [2.45, 2.75) is 40.7 Å². The van der Waals surface area contributed by atoms with Crippen LogP contribution < -0.4 is 10.6 Å². The molecule has 0 fully saturated rings. The van der Waals surface area contributed by atoms with E-state index < -0.39 is 0 Å². The van der Waals surface area contributed by atoms with Crippen LogP contribution in [0, 0.1) is 0 Å². The van der Waals surface area contributed by atoms with Crippen molar-refractivity contribution in [3.63, 3.8) is 0 Å². The summed E-state index contributed by atoms with van der Waals surface area (Å²) in [4.78, 5) is 7.04. The molecule has 0 aliphatic heterocycles. The van der Waals surface area contributed by atoms with E-state index >= 15 is 0 Å². The Hall–Kier alpha value is -0.810. The van der Waals surface area contributed by atoms with Crippen LogP contribution in [0.2, 0.25) is 0 Å². The summed E-state index contributed by atoms with van der Waals surface area (Å²) in [6.45, 7) is 16.8. The lowest BCUT2D eigenvalue weighted by atomic mass is 10.3. The molecule has 0 aromatic carbocycles. The quantitative estimate of drug-likeness (QED) is 0.358. The van der Waals surface area contributed by atoms with Crippen molar-refractivity contribution in [3.8, 4) is 0 Å². The van der Waals surface area contributed by atoms with Crippen LogP contribution in [0.25, 0.3) is 0 Å². The summed E-state index contributed by atoms with van der Waals surface area (Å²) < 4.78 is 5.31. The van der Waals surface area contributed by atoms with E-state index in [4.69, 9.17) is 4.74 Å². The van der Waals surface area contributed by atoms with Gasteiger partial charge in [0.05, 0.1) is 13.2 Å². The molecule has 0 saturated carbocycles. The standard InChI is InChI=1S/C14H32N4O/c1-6-15-14(16-10-11-19-9-4)17-12-13(5)18(7-2)8-3/h13H,6-12H2,1-5H3,(H2,15,16,17). The summed E-state index contributed by atoms with van der Waals surface area (Å²) in [5.74, 6) is 0.876. The van der Waals surface area contributed by atoms with Gasteiger partial charge in [0, 0.05) is 25.7 Å². The number of hydrogen-bond donors (Lipinski definition) is 2. The Morgan fingerprint density at radius 3 is 2.37 bits per heavy atom.